The Morgan fingerprint density at radius 1 is 1.05 bits per heavy atom. The van der Waals surface area contributed by atoms with E-state index in [-0.39, 0.29) is 5.82 Å². The van der Waals surface area contributed by atoms with Gasteiger partial charge in [-0.15, -0.1) is 0 Å². The molecule has 1 heterocycles. The molecule has 0 aliphatic rings. The molecule has 2 aromatic carbocycles. The topological polar surface area (TPSA) is 43.8 Å². The van der Waals surface area contributed by atoms with E-state index in [1.807, 2.05) is 48.9 Å². The van der Waals surface area contributed by atoms with Crippen molar-refractivity contribution in [3.05, 3.63) is 65.7 Å². The molecule has 0 radical (unpaired) electrons. The van der Waals surface area contributed by atoms with Crippen LogP contribution in [0, 0.1) is 19.7 Å². The molecular weight excluding hydrogens is 265 g/mol. The summed E-state index contributed by atoms with van der Waals surface area (Å²) in [5.74, 6) is -0.300. The summed E-state index contributed by atoms with van der Waals surface area (Å²) in [5.41, 5.74) is 10.9. The van der Waals surface area contributed by atoms with Crippen LogP contribution in [0.5, 0.6) is 0 Å². The van der Waals surface area contributed by atoms with E-state index in [0.29, 0.717) is 11.3 Å². The molecule has 106 valence electrons. The lowest BCUT2D eigenvalue weighted by Crippen LogP contribution is -1.99. The fourth-order valence-electron chi connectivity index (χ4n) is 2.60. The molecular formula is C17H16FN3. The Morgan fingerprint density at radius 2 is 1.76 bits per heavy atom. The monoisotopic (exact) mass is 281 g/mol. The third-order valence-electron chi connectivity index (χ3n) is 3.58. The Hall–Kier alpha value is -2.62. The fraction of sp³-hybridized carbons (Fsp3) is 0.118. The van der Waals surface area contributed by atoms with Gasteiger partial charge in [0, 0.05) is 22.5 Å². The summed E-state index contributed by atoms with van der Waals surface area (Å²) in [4.78, 5) is 0. The molecule has 0 saturated heterocycles. The first-order chi connectivity index (χ1) is 10.1. The standard InChI is InChI=1S/C17H16FN3/c1-11-17(15-10-13(18)8-9-16(15)19)12(2)21(20-11)14-6-4-3-5-7-14/h3-10H,19H2,1-2H3. The molecule has 1 aromatic heterocycles. The van der Waals surface area contributed by atoms with Gasteiger partial charge in [0.2, 0.25) is 0 Å². The number of hydrogen-bond donors (Lipinski definition) is 1. The second-order valence-corrected chi connectivity index (χ2v) is 5.02. The lowest BCUT2D eigenvalue weighted by molar-refractivity contribution is 0.628. The highest BCUT2D eigenvalue weighted by atomic mass is 19.1. The molecule has 0 saturated carbocycles. The summed E-state index contributed by atoms with van der Waals surface area (Å²) in [7, 11) is 0. The first-order valence-corrected chi connectivity index (χ1v) is 6.75. The Bertz CT molecular complexity index is 791. The van der Waals surface area contributed by atoms with E-state index >= 15 is 0 Å². The van der Waals surface area contributed by atoms with Gasteiger partial charge in [-0.05, 0) is 44.2 Å². The van der Waals surface area contributed by atoms with E-state index in [1.54, 1.807) is 6.07 Å². The highest BCUT2D eigenvalue weighted by Gasteiger charge is 2.17. The first-order valence-electron chi connectivity index (χ1n) is 6.75. The van der Waals surface area contributed by atoms with E-state index < -0.39 is 0 Å². The first kappa shape index (κ1) is 13.4. The minimum atomic E-state index is -0.300. The molecule has 3 nitrogen and oxygen atoms in total. The van der Waals surface area contributed by atoms with Crippen LogP contribution in [-0.2, 0) is 0 Å². The van der Waals surface area contributed by atoms with Crippen LogP contribution in [0.1, 0.15) is 11.4 Å². The number of nitrogens with zero attached hydrogens (tertiary/aromatic N) is 2. The Morgan fingerprint density at radius 3 is 2.48 bits per heavy atom. The SMILES string of the molecule is Cc1nn(-c2ccccc2)c(C)c1-c1cc(F)ccc1N. The van der Waals surface area contributed by atoms with Crippen molar-refractivity contribution in [1.82, 2.24) is 9.78 Å². The zero-order valence-corrected chi connectivity index (χ0v) is 12.0. The fourth-order valence-corrected chi connectivity index (χ4v) is 2.60. The molecule has 0 aliphatic heterocycles. The summed E-state index contributed by atoms with van der Waals surface area (Å²) in [6.45, 7) is 3.87. The van der Waals surface area contributed by atoms with Crippen molar-refractivity contribution in [2.24, 2.45) is 0 Å². The van der Waals surface area contributed by atoms with Crippen molar-refractivity contribution in [1.29, 1.82) is 0 Å². The quantitative estimate of drug-likeness (QED) is 0.724. The third-order valence-corrected chi connectivity index (χ3v) is 3.58. The average molecular weight is 281 g/mol. The van der Waals surface area contributed by atoms with Gasteiger partial charge in [-0.3, -0.25) is 0 Å². The van der Waals surface area contributed by atoms with E-state index in [4.69, 9.17) is 5.73 Å². The maximum absolute atomic E-state index is 13.5. The summed E-state index contributed by atoms with van der Waals surface area (Å²) in [6, 6.07) is 14.3. The zero-order chi connectivity index (χ0) is 15.0. The molecule has 0 unspecified atom stereocenters. The van der Waals surface area contributed by atoms with Crippen molar-refractivity contribution < 1.29 is 4.39 Å². The number of para-hydroxylation sites is 1. The molecule has 3 rings (SSSR count). The highest BCUT2D eigenvalue weighted by molar-refractivity contribution is 5.79. The molecule has 0 spiro atoms. The number of rotatable bonds is 2. The Kier molecular flexibility index (Phi) is 3.22. The van der Waals surface area contributed by atoms with Gasteiger partial charge < -0.3 is 5.73 Å². The van der Waals surface area contributed by atoms with Crippen LogP contribution >= 0.6 is 0 Å². The predicted octanol–water partition coefficient (Wildman–Crippen LogP) is 3.88. The summed E-state index contributed by atoms with van der Waals surface area (Å²) in [5, 5.41) is 4.57. The molecule has 3 aromatic rings. The van der Waals surface area contributed by atoms with E-state index in [1.165, 1.54) is 12.1 Å². The van der Waals surface area contributed by atoms with Gasteiger partial charge in [-0.2, -0.15) is 5.10 Å². The van der Waals surface area contributed by atoms with Crippen molar-refractivity contribution in [3.8, 4) is 16.8 Å². The number of halogens is 1. The maximum Gasteiger partial charge on any atom is 0.123 e. The van der Waals surface area contributed by atoms with E-state index in [2.05, 4.69) is 5.10 Å². The Balaban J connectivity index is 2.22. The van der Waals surface area contributed by atoms with Gasteiger partial charge in [0.1, 0.15) is 5.82 Å². The molecule has 0 fully saturated rings. The lowest BCUT2D eigenvalue weighted by atomic mass is 10.0. The van der Waals surface area contributed by atoms with Crippen LogP contribution in [0.2, 0.25) is 0 Å². The number of nitrogen functional groups attached to an aromatic ring is 1. The average Bonchev–Trinajstić information content (AvgIpc) is 2.78. The van der Waals surface area contributed by atoms with Crippen molar-refractivity contribution in [2.45, 2.75) is 13.8 Å². The number of anilines is 1. The summed E-state index contributed by atoms with van der Waals surface area (Å²) >= 11 is 0. The van der Waals surface area contributed by atoms with Crippen LogP contribution < -0.4 is 5.73 Å². The van der Waals surface area contributed by atoms with Gasteiger partial charge in [-0.25, -0.2) is 9.07 Å². The van der Waals surface area contributed by atoms with E-state index in [9.17, 15) is 4.39 Å². The van der Waals surface area contributed by atoms with Gasteiger partial charge in [0.05, 0.1) is 11.4 Å². The van der Waals surface area contributed by atoms with Gasteiger partial charge in [0.15, 0.2) is 0 Å². The van der Waals surface area contributed by atoms with Gasteiger partial charge in [-0.1, -0.05) is 18.2 Å². The van der Waals surface area contributed by atoms with Crippen LogP contribution in [0.3, 0.4) is 0 Å². The van der Waals surface area contributed by atoms with Crippen molar-refractivity contribution in [2.75, 3.05) is 5.73 Å². The van der Waals surface area contributed by atoms with Crippen LogP contribution in [0.4, 0.5) is 10.1 Å². The minimum Gasteiger partial charge on any atom is -0.398 e. The molecule has 0 amide bonds. The van der Waals surface area contributed by atoms with Crippen molar-refractivity contribution >= 4 is 5.69 Å². The summed E-state index contributed by atoms with van der Waals surface area (Å²) < 4.78 is 15.4. The molecule has 0 bridgehead atoms. The summed E-state index contributed by atoms with van der Waals surface area (Å²) in [6.07, 6.45) is 0. The third kappa shape index (κ3) is 2.29. The second-order valence-electron chi connectivity index (χ2n) is 5.02. The molecule has 2 N–H and O–H groups in total. The molecule has 0 aliphatic carbocycles. The van der Waals surface area contributed by atoms with E-state index in [0.717, 1.165) is 22.6 Å². The zero-order valence-electron chi connectivity index (χ0n) is 12.0. The number of aryl methyl sites for hydroxylation is 1. The van der Waals surface area contributed by atoms with Crippen LogP contribution in [0.25, 0.3) is 16.8 Å². The number of benzene rings is 2. The largest absolute Gasteiger partial charge is 0.398 e. The van der Waals surface area contributed by atoms with Gasteiger partial charge >= 0.3 is 0 Å². The smallest absolute Gasteiger partial charge is 0.123 e. The van der Waals surface area contributed by atoms with Crippen LogP contribution in [-0.4, -0.2) is 9.78 Å². The number of hydrogen-bond acceptors (Lipinski definition) is 2. The molecule has 21 heavy (non-hydrogen) atoms. The Labute approximate surface area is 122 Å². The molecule has 0 atom stereocenters. The van der Waals surface area contributed by atoms with Crippen LogP contribution in [0.15, 0.2) is 48.5 Å². The molecule has 4 heteroatoms. The van der Waals surface area contributed by atoms with Gasteiger partial charge in [0.25, 0.3) is 0 Å². The minimum absolute atomic E-state index is 0.300. The lowest BCUT2D eigenvalue weighted by Gasteiger charge is -2.08. The maximum atomic E-state index is 13.5. The number of nitrogens with two attached hydrogens (primary N) is 1. The second kappa shape index (κ2) is 5.05. The predicted molar refractivity (Wildman–Crippen MR) is 82.8 cm³/mol. The van der Waals surface area contributed by atoms with Crippen molar-refractivity contribution in [3.63, 3.8) is 0 Å². The highest BCUT2D eigenvalue weighted by Crippen LogP contribution is 2.33. The number of aromatic nitrogens is 2. The normalized spacial score (nSPS) is 10.8.